The number of ether oxygens (including phenoxy) is 6. The molecule has 548 valence electrons. The standard InChI is InChI=1S/C71H135N2O19P/c1-6-10-14-18-22-26-27-31-35-39-43-47-62(79)89-58(46-42-38-34-30-25-21-17-13-9-4)49-51-87-68-64(72-55(5)75)71(91-59(53-74)66(68)92-93(83,84)85)88-54-60-65(80)67(86-50-48-56(76)44-40-36-32-28-23-19-15-11-7-2)63(69(90-60)70(81)82)73-61(78)52-57(77)45-41-37-33-29-24-20-16-12-8-3/h56-60,63-69,71,74,76-77,80H,6-54H2,1-5H3,(H,72,75)(H,73,78)(H,81,82)(H2,83,84,85)/t56-,57-,58-,59-,60-,63-,64-,65-,66+,67-,68-,69+,71-/m1/s1. The van der Waals surface area contributed by atoms with Gasteiger partial charge in [-0.2, -0.15) is 0 Å². The summed E-state index contributed by atoms with van der Waals surface area (Å²) in [5.74, 6) is -3.18. The Hall–Kier alpha value is -2.37. The Kier molecular flexibility index (Phi) is 51.8. The highest BCUT2D eigenvalue weighted by Gasteiger charge is 2.53. The molecule has 9 N–H and O–H groups in total. The molecule has 0 radical (unpaired) electrons. The van der Waals surface area contributed by atoms with Gasteiger partial charge in [-0.3, -0.25) is 18.9 Å². The van der Waals surface area contributed by atoms with Gasteiger partial charge in [0.25, 0.3) is 0 Å². The highest BCUT2D eigenvalue weighted by Crippen LogP contribution is 2.42. The van der Waals surface area contributed by atoms with Crippen molar-refractivity contribution in [3.05, 3.63) is 0 Å². The van der Waals surface area contributed by atoms with E-state index in [2.05, 4.69) is 38.3 Å². The monoisotopic (exact) mass is 1350 g/mol. The third kappa shape index (κ3) is 42.3. The molecule has 2 amide bonds. The first-order valence-corrected chi connectivity index (χ1v) is 39.0. The van der Waals surface area contributed by atoms with Gasteiger partial charge < -0.3 is 74.4 Å². The first-order chi connectivity index (χ1) is 44.9. The van der Waals surface area contributed by atoms with Crippen LogP contribution in [0, 0.1) is 0 Å². The predicted molar refractivity (Wildman–Crippen MR) is 362 cm³/mol. The molecule has 93 heavy (non-hydrogen) atoms. The Bertz CT molecular complexity index is 1900. The lowest BCUT2D eigenvalue weighted by Gasteiger charge is -2.47. The van der Waals surface area contributed by atoms with Gasteiger partial charge >= 0.3 is 19.8 Å². The average Bonchev–Trinajstić information content (AvgIpc) is 1.18. The van der Waals surface area contributed by atoms with Crippen LogP contribution in [-0.2, 0) is 56.7 Å². The van der Waals surface area contributed by atoms with E-state index in [0.717, 1.165) is 103 Å². The zero-order chi connectivity index (χ0) is 68.3. The molecule has 2 heterocycles. The molecule has 0 unspecified atom stereocenters. The zero-order valence-electron chi connectivity index (χ0n) is 58.6. The van der Waals surface area contributed by atoms with Gasteiger partial charge in [0, 0.05) is 26.4 Å². The summed E-state index contributed by atoms with van der Waals surface area (Å²) < 4.78 is 55.0. The Morgan fingerprint density at radius 1 is 0.495 bits per heavy atom. The number of phosphoric ester groups is 1. The largest absolute Gasteiger partial charge is 0.479 e. The number of esters is 1. The number of rotatable bonds is 62. The van der Waals surface area contributed by atoms with Crippen molar-refractivity contribution < 1.29 is 92.0 Å². The molecule has 2 aliphatic heterocycles. The van der Waals surface area contributed by atoms with Crippen molar-refractivity contribution in [3.8, 4) is 0 Å². The quantitative estimate of drug-likeness (QED) is 0.0155. The summed E-state index contributed by atoms with van der Waals surface area (Å²) >= 11 is 0. The second-order valence-corrected chi connectivity index (χ2v) is 28.1. The summed E-state index contributed by atoms with van der Waals surface area (Å²) in [5.41, 5.74) is 0. The summed E-state index contributed by atoms with van der Waals surface area (Å²) in [7, 11) is -5.35. The maximum atomic E-state index is 13.7. The van der Waals surface area contributed by atoms with Crippen LogP contribution in [-0.4, -0.2) is 165 Å². The molecule has 0 aliphatic carbocycles. The zero-order valence-corrected chi connectivity index (χ0v) is 59.5. The number of carbonyl (C=O) groups excluding carboxylic acids is 3. The Morgan fingerprint density at radius 3 is 1.38 bits per heavy atom. The molecule has 0 aromatic heterocycles. The van der Waals surface area contributed by atoms with Crippen LogP contribution in [0.5, 0.6) is 0 Å². The van der Waals surface area contributed by atoms with Gasteiger partial charge in [0.15, 0.2) is 12.4 Å². The molecule has 0 saturated carbocycles. The minimum absolute atomic E-state index is 0.135. The molecule has 2 aliphatic rings. The van der Waals surface area contributed by atoms with Crippen molar-refractivity contribution in [2.75, 3.05) is 26.4 Å². The van der Waals surface area contributed by atoms with Crippen LogP contribution in [0.15, 0.2) is 0 Å². The minimum Gasteiger partial charge on any atom is -0.479 e. The molecule has 0 aromatic carbocycles. The molecular weight excluding hydrogens is 1220 g/mol. The van der Waals surface area contributed by atoms with E-state index in [0.29, 0.717) is 32.1 Å². The average molecular weight is 1350 g/mol. The highest BCUT2D eigenvalue weighted by atomic mass is 31.2. The van der Waals surface area contributed by atoms with Gasteiger partial charge in [-0.05, 0) is 38.5 Å². The number of nitrogens with one attached hydrogen (secondary N) is 2. The molecule has 2 fully saturated rings. The van der Waals surface area contributed by atoms with Crippen LogP contribution >= 0.6 is 7.82 Å². The first-order valence-electron chi connectivity index (χ1n) is 37.4. The van der Waals surface area contributed by atoms with E-state index in [4.69, 9.17) is 32.9 Å². The number of aliphatic hydroxyl groups excluding tert-OH is 4. The first kappa shape index (κ1) is 86.7. The number of carboxylic acid groups (broad SMARTS) is 1. The fraction of sp³-hybridized carbons (Fsp3) is 0.944. The Balaban J connectivity index is 2.35. The van der Waals surface area contributed by atoms with Crippen LogP contribution in [0.2, 0.25) is 0 Å². The molecule has 13 atom stereocenters. The SMILES string of the molecule is CCCCCCCCCCCCCC(=O)O[C@H](CCCCCCCCCCC)CCO[C@@H]1[C@@H](NC(C)=O)[C@H](OC[C@H]2O[C@H](C(=O)O)[C@H](NC(=O)C[C@H](O)CCCCCCCCCCC)[C@@H](OCC[C@H](O)CCCCCCCCCCC)[C@@H]2O)O[C@H](CO)[C@@H]1OP(=O)(O)O. The molecule has 22 heteroatoms. The number of carboxylic acids is 1. The maximum Gasteiger partial charge on any atom is 0.470 e. The summed E-state index contributed by atoms with van der Waals surface area (Å²) in [6.07, 6.45) is 28.4. The minimum atomic E-state index is -5.35. The van der Waals surface area contributed by atoms with Crippen LogP contribution in [0.25, 0.3) is 0 Å². The highest BCUT2D eigenvalue weighted by molar-refractivity contribution is 7.46. The smallest absolute Gasteiger partial charge is 0.470 e. The van der Waals surface area contributed by atoms with Gasteiger partial charge in [0.1, 0.15) is 48.8 Å². The van der Waals surface area contributed by atoms with E-state index in [1.54, 1.807) is 0 Å². The maximum absolute atomic E-state index is 13.7. The normalized spacial score (nSPS) is 22.7. The van der Waals surface area contributed by atoms with E-state index in [-0.39, 0.29) is 44.9 Å². The lowest BCUT2D eigenvalue weighted by Crippen LogP contribution is -2.68. The molecule has 0 bridgehead atoms. The number of unbranched alkanes of at least 4 members (excludes halogenated alkanes) is 34. The number of hydrogen-bond donors (Lipinski definition) is 9. The fourth-order valence-electron chi connectivity index (χ4n) is 12.8. The van der Waals surface area contributed by atoms with Crippen LogP contribution in [0.1, 0.15) is 324 Å². The number of carbonyl (C=O) groups is 4. The second-order valence-electron chi connectivity index (χ2n) is 26.9. The Labute approximate surface area is 561 Å². The van der Waals surface area contributed by atoms with E-state index < -0.39 is 118 Å². The predicted octanol–water partition coefficient (Wildman–Crippen LogP) is 13.4. The third-order valence-corrected chi connectivity index (χ3v) is 18.8. The van der Waals surface area contributed by atoms with Crippen molar-refractivity contribution in [1.29, 1.82) is 0 Å². The van der Waals surface area contributed by atoms with Gasteiger partial charge in [-0.25, -0.2) is 9.36 Å². The lowest BCUT2D eigenvalue weighted by molar-refractivity contribution is -0.289. The summed E-state index contributed by atoms with van der Waals surface area (Å²) in [4.78, 5) is 73.7. The molecule has 0 spiro atoms. The van der Waals surface area contributed by atoms with Crippen LogP contribution in [0.3, 0.4) is 0 Å². The van der Waals surface area contributed by atoms with E-state index in [9.17, 15) is 59.1 Å². The van der Waals surface area contributed by atoms with Gasteiger partial charge in [-0.1, -0.05) is 259 Å². The fourth-order valence-corrected chi connectivity index (χ4v) is 13.4. The van der Waals surface area contributed by atoms with Crippen molar-refractivity contribution in [2.24, 2.45) is 0 Å². The molecule has 2 saturated heterocycles. The van der Waals surface area contributed by atoms with E-state index in [1.807, 2.05) is 0 Å². The molecular formula is C71H135N2O19P. The summed E-state index contributed by atoms with van der Waals surface area (Å²) in [5, 5.41) is 60.9. The summed E-state index contributed by atoms with van der Waals surface area (Å²) in [6.45, 7) is 8.13. The van der Waals surface area contributed by atoms with Crippen molar-refractivity contribution in [2.45, 2.75) is 403 Å². The van der Waals surface area contributed by atoms with Crippen LogP contribution < -0.4 is 10.6 Å². The van der Waals surface area contributed by atoms with Crippen molar-refractivity contribution >= 4 is 31.6 Å². The molecule has 2 rings (SSSR count). The lowest BCUT2D eigenvalue weighted by atomic mass is 9.91. The topological polar surface area (TPSA) is 316 Å². The van der Waals surface area contributed by atoms with Crippen molar-refractivity contribution in [1.82, 2.24) is 10.6 Å². The van der Waals surface area contributed by atoms with Crippen molar-refractivity contribution in [3.63, 3.8) is 0 Å². The number of phosphoric acid groups is 1. The van der Waals surface area contributed by atoms with Gasteiger partial charge in [0.2, 0.25) is 11.8 Å². The Morgan fingerprint density at radius 2 is 0.925 bits per heavy atom. The van der Waals surface area contributed by atoms with E-state index in [1.165, 1.54) is 135 Å². The number of amides is 2. The number of hydrogen-bond acceptors (Lipinski definition) is 16. The molecule has 0 aromatic rings. The number of aliphatic hydroxyl groups is 4. The van der Waals surface area contributed by atoms with Gasteiger partial charge in [-0.15, -0.1) is 0 Å². The van der Waals surface area contributed by atoms with E-state index >= 15 is 0 Å². The second kappa shape index (κ2) is 55.5. The third-order valence-electron chi connectivity index (χ3n) is 18.3. The summed E-state index contributed by atoms with van der Waals surface area (Å²) in [6, 6.07) is -2.91. The molecule has 21 nitrogen and oxygen atoms in total. The van der Waals surface area contributed by atoms with Crippen LogP contribution in [0.4, 0.5) is 0 Å². The number of aliphatic carboxylic acids is 1. The van der Waals surface area contributed by atoms with Gasteiger partial charge in [0.05, 0.1) is 44.5 Å².